The normalized spacial score (nSPS) is 21.8. The van der Waals surface area contributed by atoms with Gasteiger partial charge in [0, 0.05) is 42.7 Å². The molecule has 11 heteroatoms. The van der Waals surface area contributed by atoms with Crippen molar-refractivity contribution in [1.82, 2.24) is 9.47 Å². The standard InChI is InChI=1S/C31H34N4O5S2/c1-4-32(5-2)21-12-8-20(9-13-21)24-25-26(29(38)35(28(25)37)22-10-6-19(3)7-11-22)41-30-27(24)42-31(39)34(30)18-23(36)33-14-16-40-17-15-33/h6-13,24-26H,4-5,14-18H2,1-3H3/t24-,25?,26?/m1/s1. The number of benzene rings is 2. The lowest BCUT2D eigenvalue weighted by molar-refractivity contribution is -0.136. The lowest BCUT2D eigenvalue weighted by Crippen LogP contribution is -2.43. The highest BCUT2D eigenvalue weighted by atomic mass is 32.2. The molecule has 0 spiro atoms. The molecule has 6 rings (SSSR count). The first-order valence-corrected chi connectivity index (χ1v) is 16.1. The van der Waals surface area contributed by atoms with Gasteiger partial charge in [-0.05, 0) is 50.6 Å². The van der Waals surface area contributed by atoms with E-state index in [9.17, 15) is 19.2 Å². The van der Waals surface area contributed by atoms with E-state index in [1.807, 2.05) is 43.3 Å². The van der Waals surface area contributed by atoms with Crippen molar-refractivity contribution in [2.45, 2.75) is 43.5 Å². The number of fused-ring (bicyclic) bond motifs is 2. The average Bonchev–Trinajstić information content (AvgIpc) is 3.45. The molecule has 2 fully saturated rings. The van der Waals surface area contributed by atoms with Gasteiger partial charge in [-0.2, -0.15) is 0 Å². The molecule has 2 unspecified atom stereocenters. The molecule has 3 aliphatic rings. The van der Waals surface area contributed by atoms with Crippen molar-refractivity contribution in [1.29, 1.82) is 0 Å². The third kappa shape index (κ3) is 4.97. The molecular weight excluding hydrogens is 572 g/mol. The Balaban J connectivity index is 1.43. The van der Waals surface area contributed by atoms with Crippen LogP contribution in [0.1, 0.15) is 35.8 Å². The summed E-state index contributed by atoms with van der Waals surface area (Å²) < 4.78 is 6.88. The van der Waals surface area contributed by atoms with Crippen molar-refractivity contribution in [2.75, 3.05) is 49.2 Å². The van der Waals surface area contributed by atoms with E-state index in [4.69, 9.17) is 4.74 Å². The summed E-state index contributed by atoms with van der Waals surface area (Å²) in [6, 6.07) is 15.5. The Morgan fingerprint density at radius 2 is 1.62 bits per heavy atom. The molecule has 0 saturated carbocycles. The number of hydrogen-bond acceptors (Lipinski definition) is 8. The number of thioether (sulfide) groups is 1. The van der Waals surface area contributed by atoms with Gasteiger partial charge in [-0.1, -0.05) is 52.9 Å². The van der Waals surface area contributed by atoms with E-state index >= 15 is 0 Å². The second-order valence-electron chi connectivity index (χ2n) is 10.8. The summed E-state index contributed by atoms with van der Waals surface area (Å²) in [6.45, 7) is 9.70. The summed E-state index contributed by atoms with van der Waals surface area (Å²) in [6.07, 6.45) is 0. The molecule has 3 aromatic rings. The highest BCUT2D eigenvalue weighted by Crippen LogP contribution is 2.54. The lowest BCUT2D eigenvalue weighted by Gasteiger charge is -2.31. The lowest BCUT2D eigenvalue weighted by atomic mass is 9.83. The zero-order chi connectivity index (χ0) is 29.5. The molecule has 220 valence electrons. The van der Waals surface area contributed by atoms with Gasteiger partial charge in [-0.25, -0.2) is 4.90 Å². The summed E-state index contributed by atoms with van der Waals surface area (Å²) in [4.78, 5) is 60.4. The summed E-state index contributed by atoms with van der Waals surface area (Å²) in [5.41, 5.74) is 3.53. The highest BCUT2D eigenvalue weighted by Gasteiger charge is 2.56. The maximum Gasteiger partial charge on any atom is 0.308 e. The highest BCUT2D eigenvalue weighted by molar-refractivity contribution is 8.00. The molecule has 2 aromatic carbocycles. The molecule has 3 aliphatic heterocycles. The fraction of sp³-hybridized carbons (Fsp3) is 0.419. The number of carbonyl (C=O) groups excluding carboxylic acids is 3. The number of ether oxygens (including phenoxy) is 1. The van der Waals surface area contributed by atoms with Gasteiger partial charge in [0.05, 0.1) is 29.8 Å². The molecule has 0 aliphatic carbocycles. The van der Waals surface area contributed by atoms with Gasteiger partial charge >= 0.3 is 4.87 Å². The number of aromatic nitrogens is 1. The maximum absolute atomic E-state index is 14.1. The topological polar surface area (TPSA) is 92.2 Å². The van der Waals surface area contributed by atoms with Gasteiger partial charge in [0.25, 0.3) is 0 Å². The van der Waals surface area contributed by atoms with Crippen LogP contribution in [0.2, 0.25) is 0 Å². The van der Waals surface area contributed by atoms with Crippen molar-refractivity contribution in [3.8, 4) is 0 Å². The van der Waals surface area contributed by atoms with E-state index in [1.165, 1.54) is 21.2 Å². The molecule has 3 amide bonds. The Morgan fingerprint density at radius 1 is 0.952 bits per heavy atom. The van der Waals surface area contributed by atoms with Gasteiger partial charge in [0.2, 0.25) is 17.7 Å². The minimum Gasteiger partial charge on any atom is -0.378 e. The van der Waals surface area contributed by atoms with Crippen LogP contribution < -0.4 is 14.7 Å². The van der Waals surface area contributed by atoms with E-state index in [2.05, 4.69) is 18.7 Å². The zero-order valence-electron chi connectivity index (χ0n) is 23.9. The van der Waals surface area contributed by atoms with Crippen molar-refractivity contribution in [3.63, 3.8) is 0 Å². The number of morpholine rings is 1. The van der Waals surface area contributed by atoms with E-state index in [0.29, 0.717) is 37.0 Å². The van der Waals surface area contributed by atoms with Gasteiger partial charge in [-0.3, -0.25) is 23.7 Å². The van der Waals surface area contributed by atoms with Crippen LogP contribution in [0.25, 0.3) is 0 Å². The molecule has 4 heterocycles. The van der Waals surface area contributed by atoms with Crippen LogP contribution in [0.15, 0.2) is 58.4 Å². The van der Waals surface area contributed by atoms with Gasteiger partial charge < -0.3 is 14.5 Å². The van der Waals surface area contributed by atoms with Crippen LogP contribution in [0.3, 0.4) is 0 Å². The number of anilines is 2. The van der Waals surface area contributed by atoms with Crippen molar-refractivity contribution < 1.29 is 19.1 Å². The van der Waals surface area contributed by atoms with Crippen molar-refractivity contribution >= 4 is 52.2 Å². The summed E-state index contributed by atoms with van der Waals surface area (Å²) >= 11 is 2.33. The molecule has 3 atom stereocenters. The largest absolute Gasteiger partial charge is 0.378 e. The molecule has 2 saturated heterocycles. The fourth-order valence-corrected chi connectivity index (χ4v) is 8.87. The number of rotatable bonds is 7. The van der Waals surface area contributed by atoms with Crippen LogP contribution in [-0.2, 0) is 25.7 Å². The Morgan fingerprint density at radius 3 is 2.26 bits per heavy atom. The van der Waals surface area contributed by atoms with Crippen LogP contribution in [0.5, 0.6) is 0 Å². The first-order valence-electron chi connectivity index (χ1n) is 14.4. The molecule has 1 aromatic heterocycles. The van der Waals surface area contributed by atoms with Crippen LogP contribution >= 0.6 is 23.1 Å². The number of aryl methyl sites for hydroxylation is 1. The smallest absolute Gasteiger partial charge is 0.308 e. The summed E-state index contributed by atoms with van der Waals surface area (Å²) in [7, 11) is 0. The van der Waals surface area contributed by atoms with Gasteiger partial charge in [0.15, 0.2) is 0 Å². The predicted octanol–water partition coefficient (Wildman–Crippen LogP) is 3.72. The number of nitrogens with zero attached hydrogens (tertiary/aromatic N) is 4. The number of thiazole rings is 1. The summed E-state index contributed by atoms with van der Waals surface area (Å²) in [5.74, 6) is -1.86. The molecule has 42 heavy (non-hydrogen) atoms. The Kier molecular flexibility index (Phi) is 7.99. The van der Waals surface area contributed by atoms with E-state index in [-0.39, 0.29) is 29.1 Å². The molecular formula is C31H34N4O5S2. The molecule has 0 N–H and O–H groups in total. The van der Waals surface area contributed by atoms with Gasteiger partial charge in [0.1, 0.15) is 11.8 Å². The van der Waals surface area contributed by atoms with E-state index in [0.717, 1.165) is 46.1 Å². The second-order valence-corrected chi connectivity index (χ2v) is 12.9. The Hall–Kier alpha value is -3.41. The van der Waals surface area contributed by atoms with Crippen LogP contribution in [0, 0.1) is 12.8 Å². The third-order valence-electron chi connectivity index (χ3n) is 8.38. The monoisotopic (exact) mass is 606 g/mol. The van der Waals surface area contributed by atoms with Crippen LogP contribution in [-0.4, -0.2) is 71.8 Å². The van der Waals surface area contributed by atoms with Gasteiger partial charge in [-0.15, -0.1) is 0 Å². The minimum absolute atomic E-state index is 0.105. The molecule has 0 radical (unpaired) electrons. The summed E-state index contributed by atoms with van der Waals surface area (Å²) in [5, 5.41) is -0.102. The predicted molar refractivity (Wildman–Crippen MR) is 165 cm³/mol. The Bertz CT molecular complexity index is 1560. The minimum atomic E-state index is -0.711. The van der Waals surface area contributed by atoms with Crippen molar-refractivity contribution in [2.24, 2.45) is 5.92 Å². The Labute approximate surface area is 253 Å². The quantitative estimate of drug-likeness (QED) is 0.379. The first-order chi connectivity index (χ1) is 20.3. The number of amides is 3. The molecule has 9 nitrogen and oxygen atoms in total. The number of imide groups is 1. The maximum atomic E-state index is 14.1. The fourth-order valence-electron chi connectivity index (χ4n) is 6.09. The SMILES string of the molecule is CCN(CC)c1ccc([C@H]2c3sc(=O)n(CC(=O)N4CCOCC4)c3SC3C(=O)N(c4ccc(C)cc4)C(=O)C32)cc1. The number of hydrogen-bond donors (Lipinski definition) is 0. The molecule has 0 bridgehead atoms. The second kappa shape index (κ2) is 11.7. The first kappa shape index (κ1) is 28.7. The van der Waals surface area contributed by atoms with Crippen molar-refractivity contribution in [3.05, 3.63) is 74.2 Å². The average molecular weight is 607 g/mol. The number of carbonyl (C=O) groups is 3. The van der Waals surface area contributed by atoms with Crippen LogP contribution in [0.4, 0.5) is 11.4 Å². The van der Waals surface area contributed by atoms with E-state index in [1.54, 1.807) is 17.0 Å². The van der Waals surface area contributed by atoms with E-state index < -0.39 is 17.1 Å². The zero-order valence-corrected chi connectivity index (χ0v) is 25.6. The third-order valence-corrected chi connectivity index (χ3v) is 11.0.